The van der Waals surface area contributed by atoms with Gasteiger partial charge in [-0.1, -0.05) is 6.07 Å². The van der Waals surface area contributed by atoms with Crippen molar-refractivity contribution in [3.63, 3.8) is 0 Å². The van der Waals surface area contributed by atoms with Crippen molar-refractivity contribution in [2.75, 3.05) is 12.4 Å². The first-order valence-corrected chi connectivity index (χ1v) is 8.43. The molecule has 28 heavy (non-hydrogen) atoms. The van der Waals surface area contributed by atoms with Gasteiger partial charge in [0, 0.05) is 11.3 Å². The molecule has 2 aromatic carbocycles. The molecule has 3 aromatic rings. The summed E-state index contributed by atoms with van der Waals surface area (Å²) in [6, 6.07) is 11.9. The zero-order chi connectivity index (χ0) is 20.1. The van der Waals surface area contributed by atoms with Crippen LogP contribution in [0, 0.1) is 12.7 Å². The molecule has 1 amide bonds. The zero-order valence-electron chi connectivity index (χ0n) is 15.3. The van der Waals surface area contributed by atoms with Crippen molar-refractivity contribution in [1.29, 1.82) is 0 Å². The van der Waals surface area contributed by atoms with E-state index in [2.05, 4.69) is 5.32 Å². The van der Waals surface area contributed by atoms with E-state index < -0.39 is 17.7 Å². The first-order chi connectivity index (χ1) is 13.5. The number of methoxy groups -OCH3 is 1. The van der Waals surface area contributed by atoms with Gasteiger partial charge in [0.1, 0.15) is 18.2 Å². The fourth-order valence-corrected chi connectivity index (χ4v) is 2.56. The number of hydrogen-bond acceptors (Lipinski definition) is 5. The van der Waals surface area contributed by atoms with Crippen molar-refractivity contribution in [2.24, 2.45) is 0 Å². The molecule has 0 atom stereocenters. The average Bonchev–Trinajstić information content (AvgIpc) is 3.23. The lowest BCUT2D eigenvalue weighted by atomic mass is 10.1. The van der Waals surface area contributed by atoms with Crippen LogP contribution in [0.15, 0.2) is 59.2 Å². The van der Waals surface area contributed by atoms with Crippen LogP contribution in [0.3, 0.4) is 0 Å². The molecule has 7 heteroatoms. The highest BCUT2D eigenvalue weighted by Gasteiger charge is 2.15. The van der Waals surface area contributed by atoms with E-state index in [1.54, 1.807) is 25.1 Å². The van der Waals surface area contributed by atoms with Gasteiger partial charge >= 0.3 is 5.97 Å². The Balaban J connectivity index is 1.72. The smallest absolute Gasteiger partial charge is 0.338 e. The Morgan fingerprint density at radius 1 is 1.14 bits per heavy atom. The van der Waals surface area contributed by atoms with E-state index in [0.717, 1.165) is 5.56 Å². The van der Waals surface area contributed by atoms with Crippen LogP contribution in [0.25, 0.3) is 0 Å². The minimum absolute atomic E-state index is 0.151. The molecular weight excluding hydrogens is 365 g/mol. The fraction of sp³-hybridized carbons (Fsp3) is 0.143. The van der Waals surface area contributed by atoms with E-state index in [-0.39, 0.29) is 17.9 Å². The number of halogens is 1. The summed E-state index contributed by atoms with van der Waals surface area (Å²) in [7, 11) is 1.45. The number of rotatable bonds is 6. The first-order valence-electron chi connectivity index (χ1n) is 8.43. The van der Waals surface area contributed by atoms with Crippen molar-refractivity contribution in [2.45, 2.75) is 13.5 Å². The van der Waals surface area contributed by atoms with Crippen molar-refractivity contribution < 1.29 is 27.9 Å². The number of amides is 1. The van der Waals surface area contributed by atoms with Crippen molar-refractivity contribution in [3.8, 4) is 5.75 Å². The molecule has 0 aliphatic heterocycles. The molecule has 0 unspecified atom stereocenters. The number of ether oxygens (including phenoxy) is 2. The number of esters is 1. The van der Waals surface area contributed by atoms with E-state index >= 15 is 0 Å². The van der Waals surface area contributed by atoms with Crippen LogP contribution in [0.5, 0.6) is 5.75 Å². The number of aryl methyl sites for hydroxylation is 1. The summed E-state index contributed by atoms with van der Waals surface area (Å²) in [4.78, 5) is 24.5. The predicted molar refractivity (Wildman–Crippen MR) is 99.9 cm³/mol. The third-order valence-electron chi connectivity index (χ3n) is 4.07. The summed E-state index contributed by atoms with van der Waals surface area (Å²) in [5.41, 5.74) is 1.88. The Morgan fingerprint density at radius 2 is 1.96 bits per heavy atom. The van der Waals surface area contributed by atoms with E-state index in [1.807, 2.05) is 0 Å². The molecule has 0 aliphatic carbocycles. The fourth-order valence-electron chi connectivity index (χ4n) is 2.56. The minimum Gasteiger partial charge on any atom is -0.496 e. The Labute approximate surface area is 160 Å². The lowest BCUT2D eigenvalue weighted by molar-refractivity contribution is 0.0469. The average molecular weight is 383 g/mol. The molecule has 0 aliphatic rings. The molecule has 144 valence electrons. The molecule has 0 radical (unpaired) electrons. The third kappa shape index (κ3) is 4.37. The van der Waals surface area contributed by atoms with Gasteiger partial charge in [-0.3, -0.25) is 4.79 Å². The maximum atomic E-state index is 13.4. The zero-order valence-corrected chi connectivity index (χ0v) is 15.3. The van der Waals surface area contributed by atoms with Crippen LogP contribution in [0.4, 0.5) is 10.1 Å². The van der Waals surface area contributed by atoms with Gasteiger partial charge in [-0.25, -0.2) is 9.18 Å². The summed E-state index contributed by atoms with van der Waals surface area (Å²) in [5.74, 6) is -0.914. The van der Waals surface area contributed by atoms with Gasteiger partial charge in [-0.15, -0.1) is 0 Å². The molecule has 1 heterocycles. The quantitative estimate of drug-likeness (QED) is 0.641. The van der Waals surface area contributed by atoms with Gasteiger partial charge in [0.25, 0.3) is 5.91 Å². The highest BCUT2D eigenvalue weighted by Crippen LogP contribution is 2.22. The largest absolute Gasteiger partial charge is 0.496 e. The summed E-state index contributed by atoms with van der Waals surface area (Å²) in [6.45, 7) is 1.65. The number of benzene rings is 2. The second-order valence-corrected chi connectivity index (χ2v) is 5.99. The normalized spacial score (nSPS) is 10.4. The van der Waals surface area contributed by atoms with Gasteiger partial charge in [0.2, 0.25) is 0 Å². The lowest BCUT2D eigenvalue weighted by Crippen LogP contribution is -2.13. The number of furan rings is 1. The predicted octanol–water partition coefficient (Wildman–Crippen LogP) is 4.35. The van der Waals surface area contributed by atoms with E-state index in [4.69, 9.17) is 13.9 Å². The van der Waals surface area contributed by atoms with Gasteiger partial charge < -0.3 is 19.2 Å². The van der Waals surface area contributed by atoms with Crippen molar-refractivity contribution in [3.05, 3.63) is 83.1 Å². The Morgan fingerprint density at radius 3 is 2.68 bits per heavy atom. The Bertz CT molecular complexity index is 998. The van der Waals surface area contributed by atoms with Crippen LogP contribution in [0.2, 0.25) is 0 Å². The van der Waals surface area contributed by atoms with Crippen LogP contribution in [-0.4, -0.2) is 19.0 Å². The highest BCUT2D eigenvalue weighted by atomic mass is 19.1. The van der Waals surface area contributed by atoms with Gasteiger partial charge in [0.05, 0.1) is 18.9 Å². The van der Waals surface area contributed by atoms with E-state index in [9.17, 15) is 14.0 Å². The number of anilines is 1. The molecule has 0 spiro atoms. The molecular formula is C21H18FNO5. The number of nitrogens with one attached hydrogen (secondary N) is 1. The summed E-state index contributed by atoms with van der Waals surface area (Å²) >= 11 is 0. The first kappa shape index (κ1) is 19.2. The van der Waals surface area contributed by atoms with Crippen LogP contribution < -0.4 is 10.1 Å². The third-order valence-corrected chi connectivity index (χ3v) is 4.07. The highest BCUT2D eigenvalue weighted by molar-refractivity contribution is 6.03. The van der Waals surface area contributed by atoms with Crippen LogP contribution in [0.1, 0.15) is 32.0 Å². The molecule has 6 nitrogen and oxygen atoms in total. The lowest BCUT2D eigenvalue weighted by Gasteiger charge is -2.11. The summed E-state index contributed by atoms with van der Waals surface area (Å²) < 4.78 is 28.9. The molecule has 3 rings (SSSR count). The maximum absolute atomic E-state index is 13.4. The number of carbonyl (C=O) groups excluding carboxylic acids is 2. The molecule has 1 N–H and O–H groups in total. The monoisotopic (exact) mass is 383 g/mol. The van der Waals surface area contributed by atoms with Crippen molar-refractivity contribution >= 4 is 17.6 Å². The number of hydrogen-bond donors (Lipinski definition) is 1. The summed E-state index contributed by atoms with van der Waals surface area (Å²) in [6.07, 6.45) is 1.40. The van der Waals surface area contributed by atoms with E-state index in [1.165, 1.54) is 43.7 Å². The summed E-state index contributed by atoms with van der Waals surface area (Å²) in [5, 5.41) is 2.70. The van der Waals surface area contributed by atoms with Crippen molar-refractivity contribution in [1.82, 2.24) is 0 Å². The SMILES string of the molecule is COc1ccc(F)cc1COC(=O)c1ccc(C)c(NC(=O)c2ccco2)c1. The maximum Gasteiger partial charge on any atom is 0.338 e. The number of carbonyl (C=O) groups is 2. The van der Waals surface area contributed by atoms with Crippen LogP contribution in [-0.2, 0) is 11.3 Å². The molecule has 0 saturated heterocycles. The minimum atomic E-state index is -0.611. The topological polar surface area (TPSA) is 77.8 Å². The molecule has 0 fully saturated rings. The molecule has 1 aromatic heterocycles. The van der Waals surface area contributed by atoms with E-state index in [0.29, 0.717) is 17.0 Å². The standard InChI is InChI=1S/C21H18FNO5/c1-13-5-6-14(11-17(13)23-20(24)19-4-3-9-27-19)21(25)28-12-15-10-16(22)7-8-18(15)26-2/h3-11H,12H2,1-2H3,(H,23,24). The second-order valence-electron chi connectivity index (χ2n) is 5.99. The Kier molecular flexibility index (Phi) is 5.74. The van der Waals surface area contributed by atoms with Gasteiger partial charge in [-0.05, 0) is 55.0 Å². The molecule has 0 saturated carbocycles. The van der Waals surface area contributed by atoms with Gasteiger partial charge in [0.15, 0.2) is 5.76 Å². The molecule has 0 bridgehead atoms. The van der Waals surface area contributed by atoms with Crippen LogP contribution >= 0.6 is 0 Å². The Hall–Kier alpha value is -3.61. The van der Waals surface area contributed by atoms with Gasteiger partial charge in [-0.2, -0.15) is 0 Å². The second kappa shape index (κ2) is 8.39.